The zero-order valence-corrected chi connectivity index (χ0v) is 55.5. The lowest BCUT2D eigenvalue weighted by Crippen LogP contribution is -2.50. The topological polar surface area (TPSA) is 409 Å². The van der Waals surface area contributed by atoms with Crippen LogP contribution in [-0.4, -0.2) is 162 Å². The van der Waals surface area contributed by atoms with Gasteiger partial charge in [-0.05, 0) is 99.3 Å². The highest BCUT2D eigenvalue weighted by Crippen LogP contribution is 2.46. The van der Waals surface area contributed by atoms with Crippen molar-refractivity contribution in [2.75, 3.05) is 13.1 Å². The number of ketones is 4. The first-order valence-electron chi connectivity index (χ1n) is 32.5. The van der Waals surface area contributed by atoms with Crippen molar-refractivity contribution < 1.29 is 97.1 Å². The van der Waals surface area contributed by atoms with Crippen LogP contribution in [0.5, 0.6) is 0 Å². The van der Waals surface area contributed by atoms with Gasteiger partial charge in [0.25, 0.3) is 23.6 Å². The van der Waals surface area contributed by atoms with Crippen LogP contribution < -0.4 is 21.3 Å². The van der Waals surface area contributed by atoms with Gasteiger partial charge in [0, 0.05) is 70.5 Å². The predicted molar refractivity (Wildman–Crippen MR) is 360 cm³/mol. The van der Waals surface area contributed by atoms with Crippen LogP contribution in [0.1, 0.15) is 133 Å². The summed E-state index contributed by atoms with van der Waals surface area (Å²) in [6, 6.07) is 23.7. The number of nitrogens with zero attached hydrogens (tertiary/aromatic N) is 2. The molecule has 2 unspecified atom stereocenters. The number of nitrogens with one attached hydrogen (secondary N) is 4. The van der Waals surface area contributed by atoms with Crippen molar-refractivity contribution in [2.24, 2.45) is 35.5 Å². The molecule has 8 atom stereocenters. The molecule has 0 spiro atoms. The van der Waals surface area contributed by atoms with Crippen LogP contribution in [0, 0.1) is 35.5 Å². The second-order valence-corrected chi connectivity index (χ2v) is 26.3. The van der Waals surface area contributed by atoms with Crippen molar-refractivity contribution in [3.8, 4) is 0 Å². The third-order valence-corrected chi connectivity index (χ3v) is 18.5. The fourth-order valence-corrected chi connectivity index (χ4v) is 13.1. The van der Waals surface area contributed by atoms with Gasteiger partial charge in [-0.25, -0.2) is 4.79 Å². The molecule has 0 bridgehead atoms. The van der Waals surface area contributed by atoms with E-state index in [0.717, 1.165) is 9.80 Å². The van der Waals surface area contributed by atoms with Gasteiger partial charge >= 0.3 is 23.9 Å². The molecule has 8 N–H and O–H groups in total. The Morgan fingerprint density at radius 3 is 1.26 bits per heavy atom. The van der Waals surface area contributed by atoms with E-state index in [0.29, 0.717) is 43.4 Å². The van der Waals surface area contributed by atoms with Crippen LogP contribution in [0.3, 0.4) is 0 Å². The normalized spacial score (nSPS) is 15.2. The molecule has 0 saturated heterocycles. The Hall–Kier alpha value is -11.4. The second-order valence-electron chi connectivity index (χ2n) is 26.3. The van der Waals surface area contributed by atoms with E-state index >= 15 is 0 Å². The molecular formula is C74H74N6O20. The summed E-state index contributed by atoms with van der Waals surface area (Å²) in [5, 5.41) is 52.3. The summed E-state index contributed by atoms with van der Waals surface area (Å²) in [4.78, 5) is 217. The molecule has 0 aliphatic carbocycles. The fraction of sp³-hybridized carbons (Fsp3) is 0.351. The quantitative estimate of drug-likeness (QED) is 0.0128. The number of hydrogen-bond donors (Lipinski definition) is 8. The highest BCUT2D eigenvalue weighted by molar-refractivity contribution is 6.41. The molecule has 0 fully saturated rings. The van der Waals surface area contributed by atoms with Crippen LogP contribution in [-0.2, 0) is 70.4 Å². The molecule has 0 saturated carbocycles. The molecule has 2 heterocycles. The third-order valence-electron chi connectivity index (χ3n) is 18.5. The Morgan fingerprint density at radius 2 is 0.820 bits per heavy atom. The number of benzene rings is 7. The minimum atomic E-state index is -1.63. The molecular weight excluding hydrogens is 1290 g/mol. The first-order chi connectivity index (χ1) is 47.3. The fourth-order valence-electron chi connectivity index (χ4n) is 13.1. The smallest absolute Gasteiger partial charge is 0.326 e. The highest BCUT2D eigenvalue weighted by atomic mass is 16.4. The summed E-state index contributed by atoms with van der Waals surface area (Å²) in [5.41, 5.74) is 1.43. The third kappa shape index (κ3) is 15.8. The summed E-state index contributed by atoms with van der Waals surface area (Å²) in [7, 11) is 0. The van der Waals surface area contributed by atoms with Crippen LogP contribution >= 0.6 is 0 Å². The van der Waals surface area contributed by atoms with E-state index in [1.165, 1.54) is 52.0 Å². The minimum Gasteiger partial charge on any atom is -0.481 e. The summed E-state index contributed by atoms with van der Waals surface area (Å²) in [6.45, 7) is 7.37. The van der Waals surface area contributed by atoms with E-state index < -0.39 is 206 Å². The summed E-state index contributed by atoms with van der Waals surface area (Å²) < 4.78 is 0. The number of fused-ring (bicyclic) bond motifs is 2. The average Bonchev–Trinajstić information content (AvgIpc) is 0.691. The number of rotatable bonds is 34. The molecule has 2 aliphatic rings. The Labute approximate surface area is 571 Å². The molecule has 8 amide bonds. The Morgan fingerprint density at radius 1 is 0.390 bits per heavy atom. The zero-order chi connectivity index (χ0) is 72.9. The molecule has 0 aromatic heterocycles. The van der Waals surface area contributed by atoms with Crippen LogP contribution in [0.25, 0.3) is 43.1 Å². The maximum Gasteiger partial charge on any atom is 0.326 e. The van der Waals surface area contributed by atoms with Crippen molar-refractivity contribution in [1.29, 1.82) is 0 Å². The van der Waals surface area contributed by atoms with Gasteiger partial charge in [0.05, 0.1) is 49.3 Å². The number of carboxylic acid groups (broad SMARTS) is 4. The SMILES string of the molecule is CC(CC(=O)CN1C(=O)c2ccc3c4ccc5c6c(ccc(c7ccc(c2c37)C1=O)c64)C(=O)N(CC(=O)N[C@@H](C)C(=O)C[C@@H](Cc1ccccc1)C(=O)N[C@@H](CC(=O)O)C(=O)C[C@H](C(=O)O)C(C)C)C5=O)C(=O)N[C@@H](Cc1ccccc1)C(=O)CC(CC(=O)O)C(=O)N[C@H](C(=O)O)C(C)C. The van der Waals surface area contributed by atoms with E-state index in [2.05, 4.69) is 21.3 Å². The van der Waals surface area contributed by atoms with E-state index in [1.54, 1.807) is 98.8 Å². The lowest BCUT2D eigenvalue weighted by Gasteiger charge is -2.30. The lowest BCUT2D eigenvalue weighted by molar-refractivity contribution is -0.146. The number of carboxylic acids is 4. The largest absolute Gasteiger partial charge is 0.481 e. The van der Waals surface area contributed by atoms with E-state index in [1.807, 2.05) is 0 Å². The standard InChI is InChI=1S/C74H74N6O20/c1-35(2)52(73(97)98)31-57(84)54(32-60(88)89)77-67(91)41(26-39-13-9-7-10-14-39)28-55(82)38(6)75-58(85)34-80-71(95)50-23-19-46-44-17-21-48-63-49(22-18-45(61(44)63)47-20-24-51(72(80)96)64(50)62(46)47)70(94)79(69(48)93)33-43(81)25-37(5)66(90)76-53(27-40-15-11-8-12-16-40)56(83)29-42(30-59(86)87)68(92)78-65(36(3)4)74(99)100/h7-24,35-38,41-42,52-54,65H,25-34H2,1-6H3,(H,75,85)(H,76,90)(H,77,91)(H,78,92)(H,86,87)(H,88,89)(H,97,98)(H,99,100)/t37?,38-,41+,42?,52-,53-,54-,65-/m0/s1. The number of amides is 8. The lowest BCUT2D eigenvalue weighted by atomic mass is 9.82. The van der Waals surface area contributed by atoms with Gasteiger partial charge in [-0.3, -0.25) is 81.7 Å². The molecule has 520 valence electrons. The van der Waals surface area contributed by atoms with Gasteiger partial charge in [-0.15, -0.1) is 0 Å². The maximum atomic E-state index is 14.5. The number of Topliss-reactive ketones (excluding diaryl/α,β-unsaturated/α-hetero) is 4. The van der Waals surface area contributed by atoms with E-state index in [-0.39, 0.29) is 45.9 Å². The molecule has 2 aliphatic heterocycles. The van der Waals surface area contributed by atoms with Crippen molar-refractivity contribution in [3.05, 3.63) is 143 Å². The number of carbonyl (C=O) groups is 16. The van der Waals surface area contributed by atoms with Crippen molar-refractivity contribution in [3.63, 3.8) is 0 Å². The first-order valence-corrected chi connectivity index (χ1v) is 32.5. The number of imide groups is 2. The van der Waals surface area contributed by atoms with Crippen molar-refractivity contribution >= 4 is 137 Å². The van der Waals surface area contributed by atoms with Gasteiger partial charge in [0.2, 0.25) is 23.6 Å². The first kappa shape index (κ1) is 72.8. The van der Waals surface area contributed by atoms with Crippen molar-refractivity contribution in [2.45, 2.75) is 117 Å². The Bertz CT molecular complexity index is 4140. The number of aliphatic carboxylic acids is 4. The predicted octanol–water partition coefficient (Wildman–Crippen LogP) is 6.13. The van der Waals surface area contributed by atoms with E-state index in [4.69, 9.17) is 0 Å². The van der Waals surface area contributed by atoms with Gasteiger partial charge in [0.1, 0.15) is 12.6 Å². The van der Waals surface area contributed by atoms with Gasteiger partial charge < -0.3 is 41.7 Å². The Kier molecular flexibility index (Phi) is 22.2. The number of hydrogen-bond acceptors (Lipinski definition) is 16. The van der Waals surface area contributed by atoms with Gasteiger partial charge in [0.15, 0.2) is 23.1 Å². The summed E-state index contributed by atoms with van der Waals surface area (Å²) in [5.74, 6) is -21.5. The summed E-state index contributed by atoms with van der Waals surface area (Å²) in [6.07, 6.45) is -4.18. The molecule has 0 radical (unpaired) electrons. The van der Waals surface area contributed by atoms with Crippen LogP contribution in [0.15, 0.2) is 109 Å². The van der Waals surface area contributed by atoms with Crippen LogP contribution in [0.4, 0.5) is 0 Å². The molecule has 9 rings (SSSR count). The minimum absolute atomic E-state index is 0.0550. The average molecular weight is 1370 g/mol. The van der Waals surface area contributed by atoms with Crippen LogP contribution in [0.2, 0.25) is 0 Å². The molecule has 100 heavy (non-hydrogen) atoms. The Balaban J connectivity index is 0.884. The molecule has 7 aromatic rings. The zero-order valence-electron chi connectivity index (χ0n) is 55.5. The van der Waals surface area contributed by atoms with Gasteiger partial charge in [-0.2, -0.15) is 0 Å². The number of carbonyl (C=O) groups excluding carboxylic acids is 12. The van der Waals surface area contributed by atoms with Crippen molar-refractivity contribution in [1.82, 2.24) is 31.1 Å². The maximum absolute atomic E-state index is 14.5. The highest BCUT2D eigenvalue weighted by Gasteiger charge is 2.41. The van der Waals surface area contributed by atoms with Gasteiger partial charge in [-0.1, -0.05) is 120 Å². The molecule has 26 nitrogen and oxygen atoms in total. The van der Waals surface area contributed by atoms with E-state index in [9.17, 15) is 97.1 Å². The summed E-state index contributed by atoms with van der Waals surface area (Å²) >= 11 is 0. The molecule has 7 aromatic carbocycles. The monoisotopic (exact) mass is 1370 g/mol. The molecule has 26 heteroatoms. The second kappa shape index (κ2) is 30.5.